The SMILES string of the molecule is CCS(=O)(=O)Nc1cccc(C2=NN(S(=O)(=O)c3ccc(C)cc3)[C@H](c3ccccc3)C2)c1. The smallest absolute Gasteiger partial charge is 0.279 e. The largest absolute Gasteiger partial charge is 0.284 e. The molecule has 9 heteroatoms. The van der Waals surface area contributed by atoms with E-state index in [0.29, 0.717) is 23.4 Å². The predicted octanol–water partition coefficient (Wildman–Crippen LogP) is 4.30. The minimum atomic E-state index is -3.90. The Kier molecular flexibility index (Phi) is 6.27. The first kappa shape index (κ1) is 23.0. The van der Waals surface area contributed by atoms with Crippen molar-refractivity contribution in [3.8, 4) is 0 Å². The van der Waals surface area contributed by atoms with E-state index in [1.54, 1.807) is 55.5 Å². The van der Waals surface area contributed by atoms with Crippen LogP contribution in [0, 0.1) is 6.92 Å². The molecular formula is C24H25N3O4S2. The highest BCUT2D eigenvalue weighted by Gasteiger charge is 2.37. The van der Waals surface area contributed by atoms with Crippen molar-refractivity contribution in [2.24, 2.45) is 5.10 Å². The van der Waals surface area contributed by atoms with Gasteiger partial charge in [-0.05, 0) is 49.2 Å². The van der Waals surface area contributed by atoms with Crippen LogP contribution < -0.4 is 4.72 Å². The monoisotopic (exact) mass is 483 g/mol. The quantitative estimate of drug-likeness (QED) is 0.542. The van der Waals surface area contributed by atoms with E-state index in [4.69, 9.17) is 0 Å². The van der Waals surface area contributed by atoms with Gasteiger partial charge in [-0.25, -0.2) is 8.42 Å². The maximum absolute atomic E-state index is 13.5. The normalized spacial score (nSPS) is 16.5. The van der Waals surface area contributed by atoms with Crippen molar-refractivity contribution in [2.45, 2.75) is 31.2 Å². The van der Waals surface area contributed by atoms with Crippen LogP contribution in [0.3, 0.4) is 0 Å². The molecule has 0 saturated carbocycles. The molecule has 0 fully saturated rings. The number of hydrazone groups is 1. The third-order valence-corrected chi connectivity index (χ3v) is 8.47. The summed E-state index contributed by atoms with van der Waals surface area (Å²) in [5, 5.41) is 4.53. The molecule has 0 bridgehead atoms. The summed E-state index contributed by atoms with van der Waals surface area (Å²) in [5.74, 6) is -0.0448. The number of benzene rings is 3. The van der Waals surface area contributed by atoms with Crippen LogP contribution in [0.5, 0.6) is 0 Å². The lowest BCUT2D eigenvalue weighted by Crippen LogP contribution is -2.27. The Hall–Kier alpha value is -3.17. The number of hydrogen-bond acceptors (Lipinski definition) is 5. The van der Waals surface area contributed by atoms with Crippen molar-refractivity contribution in [2.75, 3.05) is 10.5 Å². The zero-order valence-electron chi connectivity index (χ0n) is 18.3. The van der Waals surface area contributed by atoms with Gasteiger partial charge in [-0.3, -0.25) is 4.72 Å². The number of aryl methyl sites for hydroxylation is 1. The fourth-order valence-electron chi connectivity index (χ4n) is 3.64. The Bertz CT molecular complexity index is 1390. The first-order valence-corrected chi connectivity index (χ1v) is 13.6. The summed E-state index contributed by atoms with van der Waals surface area (Å²) in [7, 11) is -7.34. The zero-order chi connectivity index (χ0) is 23.6. The van der Waals surface area contributed by atoms with Gasteiger partial charge in [0, 0.05) is 12.1 Å². The summed E-state index contributed by atoms with van der Waals surface area (Å²) in [6, 6.07) is 22.4. The molecule has 3 aromatic carbocycles. The average Bonchev–Trinajstić information content (AvgIpc) is 3.26. The van der Waals surface area contributed by atoms with Gasteiger partial charge >= 0.3 is 0 Å². The predicted molar refractivity (Wildman–Crippen MR) is 130 cm³/mol. The van der Waals surface area contributed by atoms with Crippen LogP contribution in [0.4, 0.5) is 5.69 Å². The molecule has 0 radical (unpaired) electrons. The van der Waals surface area contributed by atoms with Crippen LogP contribution in [0.2, 0.25) is 0 Å². The molecule has 172 valence electrons. The molecule has 1 atom stereocenters. The van der Waals surface area contributed by atoms with E-state index in [9.17, 15) is 16.8 Å². The lowest BCUT2D eigenvalue weighted by Gasteiger charge is -2.23. The van der Waals surface area contributed by atoms with E-state index >= 15 is 0 Å². The van der Waals surface area contributed by atoms with Gasteiger partial charge in [-0.15, -0.1) is 0 Å². The van der Waals surface area contributed by atoms with Crippen LogP contribution in [0.15, 0.2) is 88.9 Å². The summed E-state index contributed by atoms with van der Waals surface area (Å²) in [6.07, 6.45) is 0.360. The van der Waals surface area contributed by atoms with Gasteiger partial charge in [0.05, 0.1) is 22.4 Å². The van der Waals surface area contributed by atoms with E-state index in [1.807, 2.05) is 37.3 Å². The first-order chi connectivity index (χ1) is 15.7. The second-order valence-corrected chi connectivity index (χ2v) is 11.7. The molecule has 4 rings (SSSR count). The Balaban J connectivity index is 1.75. The molecule has 0 aliphatic carbocycles. The number of nitrogens with one attached hydrogen (secondary N) is 1. The van der Waals surface area contributed by atoms with E-state index in [1.165, 1.54) is 4.41 Å². The summed E-state index contributed by atoms with van der Waals surface area (Å²) < 4.78 is 54.7. The second-order valence-electron chi connectivity index (χ2n) is 7.85. The molecule has 0 saturated heterocycles. The summed E-state index contributed by atoms with van der Waals surface area (Å²) in [5.41, 5.74) is 3.43. The minimum absolute atomic E-state index is 0.0448. The lowest BCUT2D eigenvalue weighted by molar-refractivity contribution is 0.371. The summed E-state index contributed by atoms with van der Waals surface area (Å²) >= 11 is 0. The number of sulfonamides is 2. The van der Waals surface area contributed by atoms with E-state index in [-0.39, 0.29) is 10.6 Å². The van der Waals surface area contributed by atoms with Gasteiger partial charge in [0.1, 0.15) is 0 Å². The number of nitrogens with zero attached hydrogens (tertiary/aromatic N) is 2. The Morgan fingerprint density at radius 2 is 1.64 bits per heavy atom. The molecule has 1 aliphatic heterocycles. The molecule has 1 heterocycles. The Morgan fingerprint density at radius 1 is 0.939 bits per heavy atom. The van der Waals surface area contributed by atoms with Crippen molar-refractivity contribution in [1.82, 2.24) is 4.41 Å². The Labute approximate surface area is 194 Å². The molecule has 33 heavy (non-hydrogen) atoms. The molecule has 0 spiro atoms. The lowest BCUT2D eigenvalue weighted by atomic mass is 9.99. The zero-order valence-corrected chi connectivity index (χ0v) is 20.0. The van der Waals surface area contributed by atoms with E-state index in [2.05, 4.69) is 9.82 Å². The summed E-state index contributed by atoms with van der Waals surface area (Å²) in [6.45, 7) is 3.46. The van der Waals surface area contributed by atoms with Crippen LogP contribution in [-0.2, 0) is 20.0 Å². The van der Waals surface area contributed by atoms with Gasteiger partial charge < -0.3 is 0 Å². The van der Waals surface area contributed by atoms with E-state index in [0.717, 1.165) is 11.1 Å². The highest BCUT2D eigenvalue weighted by atomic mass is 32.2. The van der Waals surface area contributed by atoms with E-state index < -0.39 is 26.1 Å². The van der Waals surface area contributed by atoms with Gasteiger partial charge in [0.25, 0.3) is 10.0 Å². The van der Waals surface area contributed by atoms with Crippen molar-refractivity contribution in [1.29, 1.82) is 0 Å². The molecule has 0 amide bonds. The molecule has 3 aromatic rings. The molecular weight excluding hydrogens is 458 g/mol. The number of hydrogen-bond donors (Lipinski definition) is 1. The van der Waals surface area contributed by atoms with Gasteiger partial charge in [0.15, 0.2) is 0 Å². The van der Waals surface area contributed by atoms with Crippen molar-refractivity contribution >= 4 is 31.4 Å². The van der Waals surface area contributed by atoms with Crippen molar-refractivity contribution in [3.05, 3.63) is 95.6 Å². The fraction of sp³-hybridized carbons (Fsp3) is 0.208. The topological polar surface area (TPSA) is 95.9 Å². The summed E-state index contributed by atoms with van der Waals surface area (Å²) in [4.78, 5) is 0.170. The van der Waals surface area contributed by atoms with Gasteiger partial charge in [-0.1, -0.05) is 60.2 Å². The van der Waals surface area contributed by atoms with Crippen LogP contribution in [0.1, 0.15) is 36.1 Å². The van der Waals surface area contributed by atoms with Crippen molar-refractivity contribution < 1.29 is 16.8 Å². The maximum atomic E-state index is 13.5. The Morgan fingerprint density at radius 3 is 2.30 bits per heavy atom. The first-order valence-electron chi connectivity index (χ1n) is 10.5. The third-order valence-electron chi connectivity index (χ3n) is 5.47. The molecule has 7 nitrogen and oxygen atoms in total. The van der Waals surface area contributed by atoms with Crippen LogP contribution >= 0.6 is 0 Å². The third kappa shape index (κ3) is 4.94. The van der Waals surface area contributed by atoms with Gasteiger partial charge in [-0.2, -0.15) is 17.9 Å². The number of rotatable bonds is 7. The number of anilines is 1. The molecule has 0 unspecified atom stereocenters. The van der Waals surface area contributed by atoms with Gasteiger partial charge in [0.2, 0.25) is 10.0 Å². The average molecular weight is 484 g/mol. The van der Waals surface area contributed by atoms with Crippen LogP contribution in [-0.4, -0.2) is 32.7 Å². The second kappa shape index (κ2) is 8.99. The van der Waals surface area contributed by atoms with Crippen LogP contribution in [0.25, 0.3) is 0 Å². The fourth-order valence-corrected chi connectivity index (χ4v) is 5.70. The standard InChI is InChI=1S/C24H25N3O4S2/c1-3-32(28,29)26-21-11-7-10-20(16-21)23-17-24(19-8-5-4-6-9-19)27(25-23)33(30,31)22-14-12-18(2)13-15-22/h4-16,24,26H,3,17H2,1-2H3/t24-/m0/s1. The highest BCUT2D eigenvalue weighted by Crippen LogP contribution is 2.37. The molecule has 1 N–H and O–H groups in total. The maximum Gasteiger partial charge on any atom is 0.279 e. The molecule has 0 aromatic heterocycles. The van der Waals surface area contributed by atoms with Crippen molar-refractivity contribution in [3.63, 3.8) is 0 Å². The highest BCUT2D eigenvalue weighted by molar-refractivity contribution is 7.92. The minimum Gasteiger partial charge on any atom is -0.284 e. The molecule has 1 aliphatic rings.